The van der Waals surface area contributed by atoms with Crippen molar-refractivity contribution in [3.05, 3.63) is 52.6 Å². The summed E-state index contributed by atoms with van der Waals surface area (Å²) >= 11 is 0. The number of hydrogen-bond donors (Lipinski definition) is 2. The highest BCUT2D eigenvalue weighted by molar-refractivity contribution is 6.74. The van der Waals surface area contributed by atoms with Crippen molar-refractivity contribution in [2.24, 2.45) is 0 Å². The van der Waals surface area contributed by atoms with Gasteiger partial charge in [-0.15, -0.1) is 0 Å². The molecule has 1 aromatic carbocycles. The molecule has 0 bridgehead atoms. The number of carbonyl (C=O) groups is 3. The quantitative estimate of drug-likeness (QED) is 0.0771. The van der Waals surface area contributed by atoms with Crippen molar-refractivity contribution in [1.29, 1.82) is 0 Å². The molecule has 0 spiro atoms. The molecular weight excluding hydrogens is 576 g/mol. The van der Waals surface area contributed by atoms with Gasteiger partial charge in [0, 0.05) is 31.1 Å². The third-order valence-electron chi connectivity index (χ3n) is 7.21. The van der Waals surface area contributed by atoms with Gasteiger partial charge >= 0.3 is 18.3 Å². The second kappa shape index (κ2) is 14.7. The molecule has 14 heteroatoms. The van der Waals surface area contributed by atoms with Crippen LogP contribution in [0.3, 0.4) is 0 Å². The predicted octanol–water partition coefficient (Wildman–Crippen LogP) is 5.85. The van der Waals surface area contributed by atoms with Gasteiger partial charge in [-0.2, -0.15) is 0 Å². The van der Waals surface area contributed by atoms with E-state index in [9.17, 15) is 24.5 Å². The van der Waals surface area contributed by atoms with E-state index in [4.69, 9.17) is 18.6 Å². The van der Waals surface area contributed by atoms with Crippen LogP contribution in [0.4, 0.5) is 20.1 Å². The van der Waals surface area contributed by atoms with Crippen LogP contribution < -0.4 is 10.6 Å². The number of rotatable bonds is 11. The Morgan fingerprint density at radius 2 is 1.67 bits per heavy atom. The van der Waals surface area contributed by atoms with E-state index < -0.39 is 49.3 Å². The minimum absolute atomic E-state index is 0.0426. The molecule has 1 saturated heterocycles. The number of nitrogens with zero attached hydrogens (tertiary/aromatic N) is 2. The minimum Gasteiger partial charge on any atom is -0.445 e. The van der Waals surface area contributed by atoms with Gasteiger partial charge in [-0.1, -0.05) is 33.4 Å². The van der Waals surface area contributed by atoms with Gasteiger partial charge in [0.25, 0.3) is 5.69 Å². The number of likely N-dealkylation sites (tertiary alicyclic amines) is 1. The topological polar surface area (TPSA) is 159 Å². The Morgan fingerprint density at radius 1 is 1.09 bits per heavy atom. The highest BCUT2D eigenvalue weighted by atomic mass is 28.4. The highest BCUT2D eigenvalue weighted by Gasteiger charge is 2.45. The lowest BCUT2D eigenvalue weighted by Crippen LogP contribution is -2.52. The number of nitrogens with one attached hydrogen (secondary N) is 2. The Bertz CT molecular complexity index is 1150. The summed E-state index contributed by atoms with van der Waals surface area (Å²) in [5.41, 5.74) is -0.280. The molecule has 1 aromatic rings. The highest BCUT2D eigenvalue weighted by Crippen LogP contribution is 2.39. The van der Waals surface area contributed by atoms with Crippen LogP contribution in [-0.4, -0.2) is 73.5 Å². The van der Waals surface area contributed by atoms with Crippen molar-refractivity contribution < 1.29 is 37.9 Å². The van der Waals surface area contributed by atoms with Gasteiger partial charge in [0.2, 0.25) is 0 Å². The summed E-state index contributed by atoms with van der Waals surface area (Å²) in [5, 5.41) is 16.1. The molecule has 0 saturated carbocycles. The SMILES string of the molecule is C=CCOC(=O)NC(C[C@H]1C[C@@H](O[Si](C)(C)C(C)(C)C)CN1C(=O)OC(C)(C)C)NC(=O)OCc1ccc([N+](=O)[O-])cc1. The molecule has 240 valence electrons. The monoisotopic (exact) mass is 622 g/mol. The van der Waals surface area contributed by atoms with Crippen LogP contribution in [0.25, 0.3) is 0 Å². The molecule has 1 fully saturated rings. The van der Waals surface area contributed by atoms with Gasteiger partial charge in [0.05, 0.1) is 11.0 Å². The fourth-order valence-corrected chi connectivity index (χ4v) is 5.47. The fourth-order valence-electron chi connectivity index (χ4n) is 4.11. The first-order valence-corrected chi connectivity index (χ1v) is 17.1. The van der Waals surface area contributed by atoms with E-state index >= 15 is 0 Å². The summed E-state index contributed by atoms with van der Waals surface area (Å²) in [6.45, 7) is 19.6. The van der Waals surface area contributed by atoms with Gasteiger partial charge in [-0.25, -0.2) is 14.4 Å². The van der Waals surface area contributed by atoms with Crippen molar-refractivity contribution in [2.45, 2.75) is 103 Å². The molecule has 2 rings (SSSR count). The van der Waals surface area contributed by atoms with Gasteiger partial charge < -0.3 is 34.2 Å². The number of nitro benzene ring substituents is 1. The van der Waals surface area contributed by atoms with Crippen LogP contribution in [0, 0.1) is 10.1 Å². The van der Waals surface area contributed by atoms with E-state index in [1.165, 1.54) is 30.3 Å². The molecule has 0 aromatic heterocycles. The van der Waals surface area contributed by atoms with Crippen molar-refractivity contribution >= 4 is 32.3 Å². The second-order valence-electron chi connectivity index (χ2n) is 13.0. The number of non-ortho nitro benzene ring substituents is 1. The molecule has 3 atom stereocenters. The molecule has 2 N–H and O–H groups in total. The zero-order chi connectivity index (χ0) is 32.6. The molecule has 3 amide bonds. The third-order valence-corrected chi connectivity index (χ3v) is 11.7. The lowest BCUT2D eigenvalue weighted by Gasteiger charge is -2.38. The number of ether oxygens (including phenoxy) is 3. The minimum atomic E-state index is -2.18. The molecule has 1 heterocycles. The lowest BCUT2D eigenvalue weighted by atomic mass is 10.1. The number of amides is 3. The summed E-state index contributed by atoms with van der Waals surface area (Å²) < 4.78 is 22.6. The van der Waals surface area contributed by atoms with Crippen LogP contribution in [0.2, 0.25) is 18.1 Å². The molecule has 1 aliphatic heterocycles. The van der Waals surface area contributed by atoms with Gasteiger partial charge in [-0.05, 0) is 63.0 Å². The normalized spacial score (nSPS) is 17.9. The van der Waals surface area contributed by atoms with E-state index in [0.717, 1.165) is 0 Å². The smallest absolute Gasteiger partial charge is 0.410 e. The summed E-state index contributed by atoms with van der Waals surface area (Å²) in [6.07, 6.45) is -1.42. The molecule has 1 unspecified atom stereocenters. The maximum atomic E-state index is 13.3. The number of benzene rings is 1. The molecule has 13 nitrogen and oxygen atoms in total. The largest absolute Gasteiger partial charge is 0.445 e. The molecule has 43 heavy (non-hydrogen) atoms. The standard InChI is InChI=1S/C29H46N4O9Si/c1-10-15-39-25(34)30-24(31-26(35)40-19-20-11-13-21(14-12-20)33(37)38)17-22-16-23(42-43(8,9)29(5,6)7)18-32(22)27(36)41-28(2,3)4/h10-14,22-24H,1,15-19H2,2-9H3,(H,30,34)(H,31,35)/t22-,23-,24?/m1/s1. The van der Waals surface area contributed by atoms with Crippen molar-refractivity contribution in [1.82, 2.24) is 15.5 Å². The number of alkyl carbamates (subject to hydrolysis) is 2. The van der Waals surface area contributed by atoms with E-state index in [2.05, 4.69) is 51.1 Å². The second-order valence-corrected chi connectivity index (χ2v) is 17.7. The van der Waals surface area contributed by atoms with Crippen LogP contribution in [0.1, 0.15) is 59.9 Å². The third kappa shape index (κ3) is 11.5. The fraction of sp³-hybridized carbons (Fsp3) is 0.621. The Hall–Kier alpha value is -3.65. The Morgan fingerprint density at radius 3 is 2.19 bits per heavy atom. The lowest BCUT2D eigenvalue weighted by molar-refractivity contribution is -0.384. The Balaban J connectivity index is 2.21. The van der Waals surface area contributed by atoms with Crippen LogP contribution >= 0.6 is 0 Å². The summed E-state index contributed by atoms with van der Waals surface area (Å²) in [6, 6.07) is 5.12. The van der Waals surface area contributed by atoms with Gasteiger partial charge in [0.1, 0.15) is 25.0 Å². The average molecular weight is 623 g/mol. The first kappa shape index (κ1) is 35.5. The summed E-state index contributed by atoms with van der Waals surface area (Å²) in [7, 11) is -2.18. The molecular formula is C29H46N4O9Si. The molecule has 0 aliphatic carbocycles. The van der Waals surface area contributed by atoms with Gasteiger partial charge in [0.15, 0.2) is 8.32 Å². The van der Waals surface area contributed by atoms with Crippen molar-refractivity contribution in [3.63, 3.8) is 0 Å². The van der Waals surface area contributed by atoms with Crippen LogP contribution in [0.5, 0.6) is 0 Å². The Labute approximate surface area is 254 Å². The maximum Gasteiger partial charge on any atom is 0.410 e. The number of carbonyl (C=O) groups excluding carboxylic acids is 3. The van der Waals surface area contributed by atoms with E-state index in [0.29, 0.717) is 18.5 Å². The number of nitro groups is 1. The maximum absolute atomic E-state index is 13.3. The van der Waals surface area contributed by atoms with E-state index in [-0.39, 0.29) is 36.5 Å². The summed E-state index contributed by atoms with van der Waals surface area (Å²) in [5.74, 6) is 0. The van der Waals surface area contributed by atoms with Crippen LogP contribution in [0.15, 0.2) is 36.9 Å². The zero-order valence-corrected chi connectivity index (χ0v) is 27.4. The average Bonchev–Trinajstić information content (AvgIpc) is 3.26. The molecule has 0 radical (unpaired) electrons. The first-order valence-electron chi connectivity index (χ1n) is 14.2. The van der Waals surface area contributed by atoms with Crippen molar-refractivity contribution in [3.8, 4) is 0 Å². The van der Waals surface area contributed by atoms with E-state index in [1.807, 2.05) is 0 Å². The predicted molar refractivity (Wildman–Crippen MR) is 163 cm³/mol. The molecule has 1 aliphatic rings. The summed E-state index contributed by atoms with van der Waals surface area (Å²) in [4.78, 5) is 50.4. The number of hydrogen-bond acceptors (Lipinski definition) is 9. The van der Waals surface area contributed by atoms with E-state index in [1.54, 1.807) is 25.7 Å². The Kier molecular flexibility index (Phi) is 12.1. The van der Waals surface area contributed by atoms with Crippen molar-refractivity contribution in [2.75, 3.05) is 13.2 Å². The van der Waals surface area contributed by atoms with Crippen LogP contribution in [-0.2, 0) is 25.2 Å². The first-order chi connectivity index (χ1) is 19.8. The zero-order valence-electron chi connectivity index (χ0n) is 26.4. The van der Waals surface area contributed by atoms with Gasteiger partial charge in [-0.3, -0.25) is 10.1 Å².